The molecule has 0 spiro atoms. The smallest absolute Gasteiger partial charge is 0.141 e. The minimum Gasteiger partial charge on any atom is -0.495 e. The number of nitrogens with zero attached hydrogens (tertiary/aromatic N) is 2. The summed E-state index contributed by atoms with van der Waals surface area (Å²) in [5.41, 5.74) is 7.92. The molecule has 1 aromatic carbocycles. The van der Waals surface area contributed by atoms with E-state index in [0.717, 1.165) is 37.6 Å². The van der Waals surface area contributed by atoms with E-state index in [9.17, 15) is 0 Å². The van der Waals surface area contributed by atoms with Crippen LogP contribution in [0.2, 0.25) is 0 Å². The van der Waals surface area contributed by atoms with E-state index in [-0.39, 0.29) is 0 Å². The Morgan fingerprint density at radius 3 is 2.78 bits per heavy atom. The summed E-state index contributed by atoms with van der Waals surface area (Å²) >= 11 is 0. The predicted octanol–water partition coefficient (Wildman–Crippen LogP) is 1.41. The van der Waals surface area contributed by atoms with Crippen LogP contribution in [0.1, 0.15) is 12.0 Å². The Morgan fingerprint density at radius 1 is 1.22 bits per heavy atom. The first kappa shape index (κ1) is 13.2. The highest BCUT2D eigenvalue weighted by Gasteiger charge is 2.12. The fourth-order valence-electron chi connectivity index (χ4n) is 2.40. The van der Waals surface area contributed by atoms with Gasteiger partial charge in [-0.05, 0) is 44.3 Å². The van der Waals surface area contributed by atoms with E-state index in [4.69, 9.17) is 10.5 Å². The molecule has 2 N–H and O–H groups in total. The molecule has 1 fully saturated rings. The molecular weight excluding hydrogens is 226 g/mol. The highest BCUT2D eigenvalue weighted by Crippen LogP contribution is 2.22. The van der Waals surface area contributed by atoms with Crippen LogP contribution >= 0.6 is 0 Å². The van der Waals surface area contributed by atoms with Crippen molar-refractivity contribution in [2.45, 2.75) is 13.0 Å². The number of hydrogen-bond acceptors (Lipinski definition) is 4. The molecule has 1 heterocycles. The van der Waals surface area contributed by atoms with E-state index in [1.165, 1.54) is 18.5 Å². The van der Waals surface area contributed by atoms with E-state index in [1.54, 1.807) is 7.11 Å². The van der Waals surface area contributed by atoms with Gasteiger partial charge in [-0.3, -0.25) is 4.90 Å². The van der Waals surface area contributed by atoms with Crippen molar-refractivity contribution in [2.24, 2.45) is 0 Å². The van der Waals surface area contributed by atoms with Gasteiger partial charge in [0.15, 0.2) is 0 Å². The number of nitrogen functional groups attached to an aromatic ring is 1. The summed E-state index contributed by atoms with van der Waals surface area (Å²) in [7, 11) is 3.84. The lowest BCUT2D eigenvalue weighted by molar-refractivity contribution is 0.269. The summed E-state index contributed by atoms with van der Waals surface area (Å²) in [4.78, 5) is 4.88. The molecule has 0 atom stereocenters. The lowest BCUT2D eigenvalue weighted by atomic mass is 10.1. The third kappa shape index (κ3) is 3.37. The third-order valence-electron chi connectivity index (χ3n) is 3.51. The topological polar surface area (TPSA) is 41.7 Å². The van der Waals surface area contributed by atoms with Crippen LogP contribution < -0.4 is 10.5 Å². The summed E-state index contributed by atoms with van der Waals surface area (Å²) in [6, 6.07) is 6.08. The molecule has 1 aliphatic heterocycles. The number of anilines is 1. The van der Waals surface area contributed by atoms with Crippen LogP contribution in [0.15, 0.2) is 18.2 Å². The highest BCUT2D eigenvalue weighted by atomic mass is 16.5. The van der Waals surface area contributed by atoms with Gasteiger partial charge < -0.3 is 15.4 Å². The Labute approximate surface area is 109 Å². The maximum absolute atomic E-state index is 5.94. The molecule has 0 unspecified atom stereocenters. The van der Waals surface area contributed by atoms with Crippen molar-refractivity contribution < 1.29 is 4.74 Å². The van der Waals surface area contributed by atoms with Gasteiger partial charge in [0.25, 0.3) is 0 Å². The zero-order chi connectivity index (χ0) is 13.0. The Balaban J connectivity index is 1.98. The summed E-state index contributed by atoms with van der Waals surface area (Å²) in [5.74, 6) is 0.759. The van der Waals surface area contributed by atoms with Crippen molar-refractivity contribution >= 4 is 5.69 Å². The van der Waals surface area contributed by atoms with Gasteiger partial charge in [0.2, 0.25) is 0 Å². The summed E-state index contributed by atoms with van der Waals surface area (Å²) in [5, 5.41) is 0. The van der Waals surface area contributed by atoms with Crippen LogP contribution in [-0.2, 0) is 6.54 Å². The zero-order valence-corrected chi connectivity index (χ0v) is 11.4. The standard InChI is InChI=1S/C14H23N3O/c1-16-6-3-7-17(9-8-16)11-12-4-5-14(18-2)13(15)10-12/h4-5,10H,3,6-9,11,15H2,1-2H3. The van der Waals surface area contributed by atoms with Crippen LogP contribution in [0.4, 0.5) is 5.69 Å². The first-order chi connectivity index (χ1) is 8.69. The Kier molecular flexibility index (Phi) is 4.44. The number of methoxy groups -OCH3 is 1. The van der Waals surface area contributed by atoms with Gasteiger partial charge in [-0.25, -0.2) is 0 Å². The molecule has 0 bridgehead atoms. The van der Waals surface area contributed by atoms with Crippen molar-refractivity contribution in [1.29, 1.82) is 0 Å². The number of nitrogens with two attached hydrogens (primary N) is 1. The second-order valence-electron chi connectivity index (χ2n) is 5.01. The molecule has 0 radical (unpaired) electrons. The van der Waals surface area contributed by atoms with Gasteiger partial charge in [0, 0.05) is 19.6 Å². The molecule has 2 rings (SSSR count). The van der Waals surface area contributed by atoms with Crippen molar-refractivity contribution in [2.75, 3.05) is 46.1 Å². The molecule has 1 aromatic rings. The number of benzene rings is 1. The van der Waals surface area contributed by atoms with Crippen molar-refractivity contribution in [1.82, 2.24) is 9.80 Å². The van der Waals surface area contributed by atoms with Gasteiger partial charge in [0.05, 0.1) is 12.8 Å². The Bertz CT molecular complexity index is 395. The molecule has 4 nitrogen and oxygen atoms in total. The van der Waals surface area contributed by atoms with E-state index < -0.39 is 0 Å². The van der Waals surface area contributed by atoms with Crippen LogP contribution in [0.3, 0.4) is 0 Å². The molecule has 0 aromatic heterocycles. The van der Waals surface area contributed by atoms with E-state index >= 15 is 0 Å². The molecule has 18 heavy (non-hydrogen) atoms. The lowest BCUT2D eigenvalue weighted by Gasteiger charge is -2.20. The minimum absolute atomic E-state index is 0.724. The SMILES string of the molecule is COc1ccc(CN2CCCN(C)CC2)cc1N. The molecule has 4 heteroatoms. The average molecular weight is 249 g/mol. The van der Waals surface area contributed by atoms with E-state index in [1.807, 2.05) is 12.1 Å². The summed E-state index contributed by atoms with van der Waals surface area (Å²) in [6.07, 6.45) is 1.24. The van der Waals surface area contributed by atoms with E-state index in [2.05, 4.69) is 22.9 Å². The fourth-order valence-corrected chi connectivity index (χ4v) is 2.40. The number of rotatable bonds is 3. The van der Waals surface area contributed by atoms with Gasteiger partial charge in [0.1, 0.15) is 5.75 Å². The quantitative estimate of drug-likeness (QED) is 0.823. The molecule has 100 valence electrons. The second kappa shape index (κ2) is 6.07. The summed E-state index contributed by atoms with van der Waals surface area (Å²) < 4.78 is 5.18. The molecule has 1 saturated heterocycles. The first-order valence-corrected chi connectivity index (χ1v) is 6.52. The maximum atomic E-state index is 5.94. The zero-order valence-electron chi connectivity index (χ0n) is 11.4. The first-order valence-electron chi connectivity index (χ1n) is 6.52. The molecule has 0 saturated carbocycles. The predicted molar refractivity (Wildman–Crippen MR) is 74.8 cm³/mol. The average Bonchev–Trinajstić information content (AvgIpc) is 2.55. The molecular formula is C14H23N3O. The second-order valence-corrected chi connectivity index (χ2v) is 5.01. The lowest BCUT2D eigenvalue weighted by Crippen LogP contribution is -2.28. The fraction of sp³-hybridized carbons (Fsp3) is 0.571. The molecule has 0 amide bonds. The van der Waals surface area contributed by atoms with Crippen molar-refractivity contribution in [3.8, 4) is 5.75 Å². The Morgan fingerprint density at radius 2 is 2.06 bits per heavy atom. The van der Waals surface area contributed by atoms with Crippen molar-refractivity contribution in [3.63, 3.8) is 0 Å². The largest absolute Gasteiger partial charge is 0.495 e. The normalized spacial score (nSPS) is 18.6. The number of hydrogen-bond donors (Lipinski definition) is 1. The molecule has 0 aliphatic carbocycles. The third-order valence-corrected chi connectivity index (χ3v) is 3.51. The van der Waals surface area contributed by atoms with E-state index in [0.29, 0.717) is 0 Å². The van der Waals surface area contributed by atoms with Crippen LogP contribution in [-0.4, -0.2) is 50.1 Å². The van der Waals surface area contributed by atoms with Crippen LogP contribution in [0, 0.1) is 0 Å². The van der Waals surface area contributed by atoms with Gasteiger partial charge in [-0.1, -0.05) is 6.07 Å². The Hall–Kier alpha value is -1.26. The van der Waals surface area contributed by atoms with Crippen molar-refractivity contribution in [3.05, 3.63) is 23.8 Å². The van der Waals surface area contributed by atoms with Gasteiger partial charge in [-0.15, -0.1) is 0 Å². The maximum Gasteiger partial charge on any atom is 0.141 e. The summed E-state index contributed by atoms with van der Waals surface area (Å²) in [6.45, 7) is 5.60. The molecule has 1 aliphatic rings. The van der Waals surface area contributed by atoms with Crippen LogP contribution in [0.5, 0.6) is 5.75 Å². The van der Waals surface area contributed by atoms with Crippen LogP contribution in [0.25, 0.3) is 0 Å². The number of ether oxygens (including phenoxy) is 1. The highest BCUT2D eigenvalue weighted by molar-refractivity contribution is 5.54. The monoisotopic (exact) mass is 249 g/mol. The van der Waals surface area contributed by atoms with Gasteiger partial charge >= 0.3 is 0 Å². The minimum atomic E-state index is 0.724. The number of likely N-dealkylation sites (N-methyl/N-ethyl adjacent to an activating group) is 1. The van der Waals surface area contributed by atoms with Gasteiger partial charge in [-0.2, -0.15) is 0 Å².